The van der Waals surface area contributed by atoms with Crippen molar-refractivity contribution in [1.29, 1.82) is 5.26 Å². The lowest BCUT2D eigenvalue weighted by molar-refractivity contribution is -0.117. The predicted molar refractivity (Wildman–Crippen MR) is 105 cm³/mol. The molecule has 0 aliphatic carbocycles. The highest BCUT2D eigenvalue weighted by Crippen LogP contribution is 2.24. The molecule has 0 heterocycles. The number of carbonyl (C=O) groups is 1. The van der Waals surface area contributed by atoms with Crippen molar-refractivity contribution >= 4 is 17.7 Å². The van der Waals surface area contributed by atoms with Gasteiger partial charge in [-0.05, 0) is 41.5 Å². The summed E-state index contributed by atoms with van der Waals surface area (Å²) in [5.41, 5.74) is 2.61. The summed E-state index contributed by atoms with van der Waals surface area (Å²) in [5.74, 6) is -1.01. The van der Waals surface area contributed by atoms with Gasteiger partial charge in [0.05, 0.1) is 0 Å². The smallest absolute Gasteiger partial charge is 0.262 e. The average molecular weight is 363 g/mol. The Morgan fingerprint density at radius 1 is 1.15 bits per heavy atom. The van der Waals surface area contributed by atoms with Crippen molar-refractivity contribution in [3.63, 3.8) is 0 Å². The number of phenolic OH excluding ortho intramolecular Hbond substituents is 2. The molecule has 0 aromatic heterocycles. The second-order valence-electron chi connectivity index (χ2n) is 6.04. The first-order valence-electron chi connectivity index (χ1n) is 8.25. The molecule has 27 heavy (non-hydrogen) atoms. The quantitative estimate of drug-likeness (QED) is 0.317. The largest absolute Gasteiger partial charge is 0.504 e. The van der Waals surface area contributed by atoms with Crippen molar-refractivity contribution < 1.29 is 15.0 Å². The molecule has 0 spiro atoms. The summed E-state index contributed by atoms with van der Waals surface area (Å²) in [4.78, 5) is 14.1. The summed E-state index contributed by atoms with van der Waals surface area (Å²) in [7, 11) is 3.93. The van der Waals surface area contributed by atoms with Gasteiger partial charge in [0, 0.05) is 26.3 Å². The molecule has 0 bridgehead atoms. The van der Waals surface area contributed by atoms with Crippen LogP contribution in [0, 0.1) is 11.3 Å². The van der Waals surface area contributed by atoms with Crippen LogP contribution in [-0.2, 0) is 11.3 Å². The van der Waals surface area contributed by atoms with Crippen LogP contribution in [0.2, 0.25) is 0 Å². The molecular formula is C21H21N3O3. The first-order valence-corrected chi connectivity index (χ1v) is 8.25. The molecule has 2 aromatic rings. The molecule has 0 aliphatic rings. The number of nitrogens with zero attached hydrogens (tertiary/aromatic N) is 2. The van der Waals surface area contributed by atoms with Crippen LogP contribution in [0.15, 0.2) is 60.2 Å². The van der Waals surface area contributed by atoms with Gasteiger partial charge in [-0.25, -0.2) is 0 Å². The molecule has 0 atom stereocenters. The number of carbonyl (C=O) groups excluding carboxylic acids is 1. The highest BCUT2D eigenvalue weighted by molar-refractivity contribution is 5.97. The average Bonchev–Trinajstić information content (AvgIpc) is 2.66. The molecule has 2 aromatic carbocycles. The summed E-state index contributed by atoms with van der Waals surface area (Å²) in [6.45, 7) is 0.126. The molecule has 0 aliphatic heterocycles. The van der Waals surface area contributed by atoms with Crippen molar-refractivity contribution in [2.45, 2.75) is 6.54 Å². The summed E-state index contributed by atoms with van der Waals surface area (Å²) in [6, 6.07) is 14.0. The van der Waals surface area contributed by atoms with Crippen molar-refractivity contribution in [3.8, 4) is 17.6 Å². The number of allylic oxidation sites excluding steroid dienone is 2. The Morgan fingerprint density at radius 3 is 2.44 bits per heavy atom. The first kappa shape index (κ1) is 19.6. The van der Waals surface area contributed by atoms with E-state index in [1.54, 1.807) is 12.1 Å². The van der Waals surface area contributed by atoms with E-state index in [-0.39, 0.29) is 23.6 Å². The van der Waals surface area contributed by atoms with E-state index < -0.39 is 5.91 Å². The minimum Gasteiger partial charge on any atom is -0.504 e. The molecule has 138 valence electrons. The van der Waals surface area contributed by atoms with E-state index in [9.17, 15) is 20.3 Å². The van der Waals surface area contributed by atoms with Crippen LogP contribution >= 0.6 is 0 Å². The lowest BCUT2D eigenvalue weighted by atomic mass is 10.1. The molecule has 3 N–H and O–H groups in total. The second kappa shape index (κ2) is 9.11. The minimum atomic E-state index is -0.516. The highest BCUT2D eigenvalue weighted by Gasteiger charge is 2.08. The van der Waals surface area contributed by atoms with E-state index in [0.29, 0.717) is 5.56 Å². The second-order valence-corrected chi connectivity index (χ2v) is 6.04. The topological polar surface area (TPSA) is 96.6 Å². The number of aromatic hydroxyl groups is 2. The first-order chi connectivity index (χ1) is 12.9. The summed E-state index contributed by atoms with van der Waals surface area (Å²) >= 11 is 0. The number of benzene rings is 2. The molecule has 1 amide bonds. The van der Waals surface area contributed by atoms with Gasteiger partial charge in [-0.2, -0.15) is 5.26 Å². The maximum atomic E-state index is 12.1. The summed E-state index contributed by atoms with van der Waals surface area (Å²) in [5, 5.41) is 30.5. The number of hydrogen-bond donors (Lipinski definition) is 3. The number of nitriles is 1. The fourth-order valence-electron chi connectivity index (χ4n) is 2.26. The van der Waals surface area contributed by atoms with Crippen molar-refractivity contribution in [1.82, 2.24) is 5.32 Å². The van der Waals surface area contributed by atoms with Gasteiger partial charge in [-0.3, -0.25) is 4.79 Å². The molecule has 0 radical (unpaired) electrons. The van der Waals surface area contributed by atoms with E-state index in [0.717, 1.165) is 11.3 Å². The van der Waals surface area contributed by atoms with Gasteiger partial charge in [0.1, 0.15) is 11.6 Å². The number of hydrogen-bond acceptors (Lipinski definition) is 5. The van der Waals surface area contributed by atoms with Crippen LogP contribution in [0.25, 0.3) is 6.08 Å². The van der Waals surface area contributed by atoms with Crippen molar-refractivity contribution in [3.05, 3.63) is 71.3 Å². The van der Waals surface area contributed by atoms with E-state index in [2.05, 4.69) is 5.32 Å². The van der Waals surface area contributed by atoms with Gasteiger partial charge in [0.15, 0.2) is 11.5 Å². The normalized spacial score (nSPS) is 11.2. The van der Waals surface area contributed by atoms with Crippen LogP contribution in [0.5, 0.6) is 11.5 Å². The molecule has 6 nitrogen and oxygen atoms in total. The third-order valence-electron chi connectivity index (χ3n) is 3.82. The number of amides is 1. The molecular weight excluding hydrogens is 342 g/mol. The van der Waals surface area contributed by atoms with Gasteiger partial charge in [-0.1, -0.05) is 30.4 Å². The minimum absolute atomic E-state index is 0.0286. The number of rotatable bonds is 6. The van der Waals surface area contributed by atoms with Gasteiger partial charge in [0.25, 0.3) is 5.91 Å². The number of nitrogens with one attached hydrogen (secondary N) is 1. The molecule has 6 heteroatoms. The number of anilines is 1. The maximum absolute atomic E-state index is 12.1. The Hall–Kier alpha value is -3.72. The molecule has 0 unspecified atom stereocenters. The van der Waals surface area contributed by atoms with E-state index in [4.69, 9.17) is 0 Å². The standard InChI is InChI=1S/C21H21N3O3/c1-24(2)18-9-6-15(7-10-18)4-3-5-17(13-22)21(27)23-14-16-8-11-19(25)20(26)12-16/h3-12,25-26H,14H2,1-2H3,(H,23,27)/b4-3+,17-5+. The van der Waals surface area contributed by atoms with Crippen molar-refractivity contribution in [2.24, 2.45) is 0 Å². The Morgan fingerprint density at radius 2 is 1.85 bits per heavy atom. The highest BCUT2D eigenvalue weighted by atomic mass is 16.3. The van der Waals surface area contributed by atoms with E-state index in [1.165, 1.54) is 18.2 Å². The summed E-state index contributed by atoms with van der Waals surface area (Å²) < 4.78 is 0. The van der Waals surface area contributed by atoms with Crippen LogP contribution in [0.1, 0.15) is 11.1 Å². The van der Waals surface area contributed by atoms with Crippen LogP contribution in [0.3, 0.4) is 0 Å². The fourth-order valence-corrected chi connectivity index (χ4v) is 2.26. The third kappa shape index (κ3) is 5.65. The monoisotopic (exact) mass is 363 g/mol. The lowest BCUT2D eigenvalue weighted by Gasteiger charge is -2.11. The molecule has 0 saturated heterocycles. The van der Waals surface area contributed by atoms with Gasteiger partial charge >= 0.3 is 0 Å². The SMILES string of the molecule is CN(C)c1ccc(/C=C/C=C(\C#N)C(=O)NCc2ccc(O)c(O)c2)cc1. The lowest BCUT2D eigenvalue weighted by Crippen LogP contribution is -2.23. The van der Waals surface area contributed by atoms with E-state index >= 15 is 0 Å². The third-order valence-corrected chi connectivity index (χ3v) is 3.82. The Bertz CT molecular complexity index is 907. The van der Waals surface area contributed by atoms with Gasteiger partial charge in [0.2, 0.25) is 0 Å². The Kier molecular flexibility index (Phi) is 6.61. The number of phenols is 2. The zero-order chi connectivity index (χ0) is 19.8. The van der Waals surface area contributed by atoms with Crippen LogP contribution < -0.4 is 10.2 Å². The predicted octanol–water partition coefficient (Wildman–Crippen LogP) is 2.94. The molecule has 2 rings (SSSR count). The van der Waals surface area contributed by atoms with E-state index in [1.807, 2.05) is 55.4 Å². The Labute approximate surface area is 158 Å². The molecule has 0 saturated carbocycles. The van der Waals surface area contributed by atoms with Crippen LogP contribution in [-0.4, -0.2) is 30.2 Å². The van der Waals surface area contributed by atoms with Crippen LogP contribution in [0.4, 0.5) is 5.69 Å². The van der Waals surface area contributed by atoms with Gasteiger partial charge in [-0.15, -0.1) is 0 Å². The Balaban J connectivity index is 1.98. The van der Waals surface area contributed by atoms with Gasteiger partial charge < -0.3 is 20.4 Å². The fraction of sp³-hybridized carbons (Fsp3) is 0.143. The summed E-state index contributed by atoms with van der Waals surface area (Å²) in [6.07, 6.45) is 4.90. The van der Waals surface area contributed by atoms with Crippen molar-refractivity contribution in [2.75, 3.05) is 19.0 Å². The zero-order valence-corrected chi connectivity index (χ0v) is 15.2. The zero-order valence-electron chi connectivity index (χ0n) is 15.2. The molecule has 0 fully saturated rings. The maximum Gasteiger partial charge on any atom is 0.262 e.